The molecule has 0 unspecified atom stereocenters. The number of thiocarbonyl (C=S) groups is 1. The second-order valence-electron chi connectivity index (χ2n) is 8.30. The van der Waals surface area contributed by atoms with Crippen LogP contribution in [-0.4, -0.2) is 36.8 Å². The normalized spacial score (nSPS) is 14.3. The van der Waals surface area contributed by atoms with E-state index in [1.807, 2.05) is 62.3 Å². The van der Waals surface area contributed by atoms with E-state index in [1.54, 1.807) is 36.4 Å². The van der Waals surface area contributed by atoms with Crippen molar-refractivity contribution in [2.24, 2.45) is 0 Å². The van der Waals surface area contributed by atoms with Crippen LogP contribution in [0.5, 0.6) is 5.75 Å². The number of nitrogens with one attached hydrogen (secondary N) is 1. The lowest BCUT2D eigenvalue weighted by Gasteiger charge is -2.17. The maximum Gasteiger partial charge on any atom is 0.270 e. The topological polar surface area (TPSA) is 61.9 Å². The Balaban J connectivity index is 1.42. The van der Waals surface area contributed by atoms with Gasteiger partial charge in [-0.15, -0.1) is 0 Å². The minimum atomic E-state index is -0.299. The third kappa shape index (κ3) is 6.07. The number of hydrogen-bond acceptors (Lipinski definition) is 6. The molecule has 1 aliphatic rings. The summed E-state index contributed by atoms with van der Waals surface area (Å²) in [5.41, 5.74) is 4.07. The number of carbonyl (C=O) groups is 2. The molecule has 4 rings (SSSR count). The molecule has 0 spiro atoms. The van der Waals surface area contributed by atoms with Crippen molar-refractivity contribution in [2.75, 3.05) is 35.8 Å². The average Bonchev–Trinajstić information content (AvgIpc) is 3.12. The average molecular weight is 538 g/mol. The minimum Gasteiger partial charge on any atom is -0.484 e. The molecule has 9 heteroatoms. The summed E-state index contributed by atoms with van der Waals surface area (Å²) in [6.07, 6.45) is 1.77. The number of halogens is 1. The zero-order chi connectivity index (χ0) is 25.8. The van der Waals surface area contributed by atoms with Crippen LogP contribution in [-0.2, 0) is 9.59 Å². The first-order chi connectivity index (χ1) is 17.2. The third-order valence-electron chi connectivity index (χ3n) is 5.42. The van der Waals surface area contributed by atoms with Crippen molar-refractivity contribution in [1.29, 1.82) is 0 Å². The number of nitrogens with zero attached hydrogens (tertiary/aromatic N) is 2. The number of aryl methyl sites for hydroxylation is 1. The molecule has 3 aromatic rings. The van der Waals surface area contributed by atoms with Gasteiger partial charge in [0.1, 0.15) is 5.75 Å². The van der Waals surface area contributed by atoms with E-state index in [2.05, 4.69) is 5.32 Å². The molecule has 0 bridgehead atoms. The van der Waals surface area contributed by atoms with Crippen LogP contribution in [0.1, 0.15) is 11.1 Å². The van der Waals surface area contributed by atoms with Gasteiger partial charge in [0, 0.05) is 30.5 Å². The number of amides is 2. The lowest BCUT2D eigenvalue weighted by molar-refractivity contribution is -0.118. The van der Waals surface area contributed by atoms with E-state index >= 15 is 0 Å². The Morgan fingerprint density at radius 1 is 1.14 bits per heavy atom. The molecule has 1 fully saturated rings. The van der Waals surface area contributed by atoms with Gasteiger partial charge in [-0.05, 0) is 72.7 Å². The number of anilines is 3. The predicted molar refractivity (Wildman–Crippen MR) is 153 cm³/mol. The highest BCUT2D eigenvalue weighted by atomic mass is 35.5. The lowest BCUT2D eigenvalue weighted by Crippen LogP contribution is -2.27. The summed E-state index contributed by atoms with van der Waals surface area (Å²) in [6, 6.07) is 20.2. The largest absolute Gasteiger partial charge is 0.484 e. The lowest BCUT2D eigenvalue weighted by atomic mass is 10.2. The summed E-state index contributed by atoms with van der Waals surface area (Å²) in [5, 5.41) is 3.35. The molecule has 1 N–H and O–H groups in total. The van der Waals surface area contributed by atoms with Crippen molar-refractivity contribution in [3.05, 3.63) is 87.8 Å². The summed E-state index contributed by atoms with van der Waals surface area (Å²) in [4.78, 5) is 29.5. The molecule has 1 aliphatic heterocycles. The smallest absolute Gasteiger partial charge is 0.270 e. The second-order valence-corrected chi connectivity index (χ2v) is 10.4. The highest BCUT2D eigenvalue weighted by Gasteiger charge is 2.33. The van der Waals surface area contributed by atoms with Crippen LogP contribution in [0.25, 0.3) is 6.08 Å². The van der Waals surface area contributed by atoms with E-state index in [4.69, 9.17) is 28.6 Å². The summed E-state index contributed by atoms with van der Waals surface area (Å²) in [5.74, 6) is 0.0357. The highest BCUT2D eigenvalue weighted by molar-refractivity contribution is 8.27. The van der Waals surface area contributed by atoms with Crippen LogP contribution in [0.15, 0.2) is 71.6 Å². The van der Waals surface area contributed by atoms with E-state index < -0.39 is 0 Å². The van der Waals surface area contributed by atoms with E-state index in [0.29, 0.717) is 25.7 Å². The van der Waals surface area contributed by atoms with Crippen LogP contribution >= 0.6 is 35.6 Å². The second kappa shape index (κ2) is 11.2. The van der Waals surface area contributed by atoms with Gasteiger partial charge in [-0.3, -0.25) is 14.5 Å². The third-order valence-corrected chi connectivity index (χ3v) is 6.95. The van der Waals surface area contributed by atoms with E-state index in [1.165, 1.54) is 16.7 Å². The number of ether oxygens (including phenoxy) is 1. The number of hydrogen-bond donors (Lipinski definition) is 1. The van der Waals surface area contributed by atoms with Crippen molar-refractivity contribution in [3.63, 3.8) is 0 Å². The fourth-order valence-corrected chi connectivity index (χ4v) is 4.97. The Morgan fingerprint density at radius 2 is 1.89 bits per heavy atom. The molecular weight excluding hydrogens is 514 g/mol. The number of benzene rings is 3. The molecule has 0 aliphatic carbocycles. The highest BCUT2D eigenvalue weighted by Crippen LogP contribution is 2.36. The Bertz CT molecular complexity index is 1360. The molecule has 1 saturated heterocycles. The Labute approximate surface area is 224 Å². The zero-order valence-corrected chi connectivity index (χ0v) is 22.3. The van der Waals surface area contributed by atoms with Crippen LogP contribution in [0.3, 0.4) is 0 Å². The van der Waals surface area contributed by atoms with E-state index in [-0.39, 0.29) is 18.4 Å². The summed E-state index contributed by atoms with van der Waals surface area (Å²) in [6.45, 7) is 1.72. The molecule has 0 aromatic heterocycles. The fourth-order valence-electron chi connectivity index (χ4n) is 3.50. The van der Waals surface area contributed by atoms with Gasteiger partial charge in [0.2, 0.25) is 0 Å². The van der Waals surface area contributed by atoms with Crippen LogP contribution in [0, 0.1) is 6.92 Å². The summed E-state index contributed by atoms with van der Waals surface area (Å²) in [7, 11) is 3.92. The quantitative estimate of drug-likeness (QED) is 0.288. The molecule has 6 nitrogen and oxygen atoms in total. The van der Waals surface area contributed by atoms with Crippen molar-refractivity contribution < 1.29 is 14.3 Å². The van der Waals surface area contributed by atoms with Gasteiger partial charge in [-0.1, -0.05) is 53.8 Å². The van der Waals surface area contributed by atoms with E-state index in [9.17, 15) is 9.59 Å². The molecular formula is C27H24ClN3O3S2. The van der Waals surface area contributed by atoms with Crippen LogP contribution < -0.4 is 19.9 Å². The molecule has 0 saturated carbocycles. The van der Waals surface area contributed by atoms with Crippen molar-refractivity contribution in [1.82, 2.24) is 0 Å². The van der Waals surface area contributed by atoms with Crippen molar-refractivity contribution in [3.8, 4) is 5.75 Å². The summed E-state index contributed by atoms with van der Waals surface area (Å²) >= 11 is 12.8. The Morgan fingerprint density at radius 3 is 2.61 bits per heavy atom. The van der Waals surface area contributed by atoms with Gasteiger partial charge in [0.05, 0.1) is 10.6 Å². The maximum absolute atomic E-state index is 13.1. The minimum absolute atomic E-state index is 0.166. The molecule has 3 aromatic carbocycles. The van der Waals surface area contributed by atoms with Gasteiger partial charge in [0.15, 0.2) is 10.9 Å². The fraction of sp³-hybridized carbons (Fsp3) is 0.148. The molecule has 1 heterocycles. The summed E-state index contributed by atoms with van der Waals surface area (Å²) < 4.78 is 6.15. The number of thioether (sulfide) groups is 1. The molecule has 2 amide bonds. The molecule has 184 valence electrons. The first-order valence-electron chi connectivity index (χ1n) is 11.1. The number of carbonyl (C=O) groups excluding carboxylic acids is 2. The SMILES string of the molecule is Cc1ccc(Cl)cc1NC(=O)COc1cccc(/C=C2\SC(=S)N(c3ccc(N(C)C)cc3)C2=O)c1. The predicted octanol–water partition coefficient (Wildman–Crippen LogP) is 6.14. The van der Waals surface area contributed by atoms with Gasteiger partial charge in [0.25, 0.3) is 11.8 Å². The Hall–Kier alpha value is -3.33. The van der Waals surface area contributed by atoms with Gasteiger partial charge >= 0.3 is 0 Å². The molecule has 0 atom stereocenters. The van der Waals surface area contributed by atoms with Gasteiger partial charge in [-0.25, -0.2) is 0 Å². The van der Waals surface area contributed by atoms with Gasteiger partial charge in [-0.2, -0.15) is 0 Å². The first kappa shape index (κ1) is 25.8. The van der Waals surface area contributed by atoms with Crippen molar-refractivity contribution in [2.45, 2.75) is 6.92 Å². The molecule has 0 radical (unpaired) electrons. The number of rotatable bonds is 7. The monoisotopic (exact) mass is 537 g/mol. The zero-order valence-electron chi connectivity index (χ0n) is 19.9. The van der Waals surface area contributed by atoms with Crippen LogP contribution in [0.2, 0.25) is 5.02 Å². The van der Waals surface area contributed by atoms with Gasteiger partial charge < -0.3 is 15.0 Å². The standard InChI is InChI=1S/C27H24ClN3O3S2/c1-17-7-8-19(28)15-23(17)29-25(32)16-34-22-6-4-5-18(13-22)14-24-26(33)31(27(35)36-24)21-11-9-20(10-12-21)30(2)3/h4-15H,16H2,1-3H3,(H,29,32)/b24-14-. The Kier molecular flexibility index (Phi) is 7.98. The van der Waals surface area contributed by atoms with Crippen LogP contribution in [0.4, 0.5) is 17.1 Å². The maximum atomic E-state index is 13.1. The van der Waals surface area contributed by atoms with Crippen molar-refractivity contribution >= 4 is 74.9 Å². The first-order valence-corrected chi connectivity index (χ1v) is 12.7. The molecule has 36 heavy (non-hydrogen) atoms. The van der Waals surface area contributed by atoms with E-state index in [0.717, 1.165) is 22.5 Å².